The van der Waals surface area contributed by atoms with E-state index in [0.717, 1.165) is 11.0 Å². The molecule has 0 radical (unpaired) electrons. The van der Waals surface area contributed by atoms with Gasteiger partial charge in [-0.3, -0.25) is 18.5 Å². The number of aliphatic hydroxyl groups is 2. The van der Waals surface area contributed by atoms with E-state index in [9.17, 15) is 28.8 Å². The summed E-state index contributed by atoms with van der Waals surface area (Å²) < 4.78 is 49.4. The molecule has 1 aromatic carbocycles. The van der Waals surface area contributed by atoms with Crippen molar-refractivity contribution in [3.63, 3.8) is 0 Å². The highest BCUT2D eigenvalue weighted by molar-refractivity contribution is 7.52. The molecule has 0 aromatic heterocycles. The maximum absolute atomic E-state index is 13.9. The average molecular weight is 531 g/mol. The zero-order chi connectivity index (χ0) is 26.5. The molecule has 7 atom stereocenters. The van der Waals surface area contributed by atoms with Crippen molar-refractivity contribution >= 4 is 19.6 Å². The van der Waals surface area contributed by atoms with Crippen LogP contribution in [0.2, 0.25) is 0 Å². The summed E-state index contributed by atoms with van der Waals surface area (Å²) in [6, 6.07) is 6.99. The normalized spacial score (nSPS) is 28.5. The first-order chi connectivity index (χ1) is 17.0. The second-order valence-electron chi connectivity index (χ2n) is 8.55. The number of rotatable bonds is 11. The zero-order valence-electron chi connectivity index (χ0n) is 20.0. The van der Waals surface area contributed by atoms with Crippen molar-refractivity contribution < 1.29 is 47.3 Å². The van der Waals surface area contributed by atoms with E-state index in [1.165, 1.54) is 25.3 Å². The number of halogens is 1. The van der Waals surface area contributed by atoms with Gasteiger partial charge in [-0.25, -0.2) is 4.57 Å². The second kappa shape index (κ2) is 12.1. The number of hydrogen-bond donors (Lipinski definition) is 4. The summed E-state index contributed by atoms with van der Waals surface area (Å²) in [6.07, 6.45) is -3.35. The van der Waals surface area contributed by atoms with Crippen LogP contribution in [0.4, 0.5) is 4.39 Å². The van der Waals surface area contributed by atoms with E-state index in [1.807, 2.05) is 0 Å². The first kappa shape index (κ1) is 28.0. The molecule has 0 bridgehead atoms. The molecule has 4 N–H and O–H groups in total. The molecule has 2 heterocycles. The van der Waals surface area contributed by atoms with Crippen LogP contribution in [0.1, 0.15) is 20.8 Å². The highest BCUT2D eigenvalue weighted by atomic mass is 31.2. The molecule has 0 aliphatic carbocycles. The molecule has 36 heavy (non-hydrogen) atoms. The highest BCUT2D eigenvalue weighted by Gasteiger charge is 2.48. The van der Waals surface area contributed by atoms with Crippen LogP contribution in [0.3, 0.4) is 0 Å². The topological polar surface area (TPSA) is 156 Å². The number of esters is 1. The Kier molecular flexibility index (Phi) is 9.45. The third-order valence-electron chi connectivity index (χ3n) is 5.38. The van der Waals surface area contributed by atoms with Crippen molar-refractivity contribution in [2.24, 2.45) is 5.92 Å². The summed E-state index contributed by atoms with van der Waals surface area (Å²) in [7, 11) is -4.25. The lowest BCUT2D eigenvalue weighted by Gasteiger charge is -2.35. The van der Waals surface area contributed by atoms with E-state index >= 15 is 0 Å². The lowest BCUT2D eigenvalue weighted by Crippen LogP contribution is -2.55. The SMILES string of the molecule is CC(C)OC(=O)[C@@H](C)N[P@@](=O)(OC[C@H]1O[C@@H](N2C=CC(=O)NC2O)[C@H](O)[C@@H]1CF)Oc1ccccc1. The van der Waals surface area contributed by atoms with Gasteiger partial charge in [0.15, 0.2) is 6.23 Å². The number of alkyl halides is 1. The molecule has 0 spiro atoms. The summed E-state index contributed by atoms with van der Waals surface area (Å²) in [5.74, 6) is -2.17. The maximum Gasteiger partial charge on any atom is 0.459 e. The van der Waals surface area contributed by atoms with Gasteiger partial charge in [-0.05, 0) is 32.9 Å². The lowest BCUT2D eigenvalue weighted by molar-refractivity contribution is -0.152. The molecule has 2 aliphatic rings. The van der Waals surface area contributed by atoms with Gasteiger partial charge in [0.2, 0.25) is 12.3 Å². The lowest BCUT2D eigenvalue weighted by atomic mass is 10.00. The Morgan fingerprint density at radius 3 is 2.58 bits per heavy atom. The Morgan fingerprint density at radius 1 is 1.28 bits per heavy atom. The number of amides is 1. The fraction of sp³-hybridized carbons (Fsp3) is 0.545. The standard InChI is InChI=1S/C22H31FN3O9P/c1-13(2)33-21(29)14(3)25-36(31,35-15-7-5-4-6-8-15)32-12-17-16(11-23)19(28)20(34-17)26-10-9-18(27)24-22(26)30/h4-10,13-14,16-17,19-20,22,28,30H,11-12H2,1-3H3,(H,24,27)(H,25,31)/t14-,16-,17-,19-,20-,22?,36-/m1/s1. The van der Waals surface area contributed by atoms with Crippen molar-refractivity contribution in [3.05, 3.63) is 42.6 Å². The van der Waals surface area contributed by atoms with Crippen molar-refractivity contribution in [3.8, 4) is 5.75 Å². The number of nitrogens with zero attached hydrogens (tertiary/aromatic N) is 1. The minimum Gasteiger partial charge on any atom is -0.462 e. The number of para-hydroxylation sites is 1. The predicted molar refractivity (Wildman–Crippen MR) is 124 cm³/mol. The van der Waals surface area contributed by atoms with Crippen LogP contribution in [0.25, 0.3) is 0 Å². The summed E-state index contributed by atoms with van der Waals surface area (Å²) in [4.78, 5) is 24.8. The molecular weight excluding hydrogens is 500 g/mol. The van der Waals surface area contributed by atoms with Gasteiger partial charge < -0.3 is 34.4 Å². The van der Waals surface area contributed by atoms with Gasteiger partial charge in [0, 0.05) is 18.2 Å². The molecule has 1 saturated heterocycles. The number of carbonyl (C=O) groups excluding carboxylic acids is 2. The minimum atomic E-state index is -4.25. The Hall–Kier alpha value is -2.54. The zero-order valence-corrected chi connectivity index (χ0v) is 20.9. The van der Waals surface area contributed by atoms with Crippen molar-refractivity contribution in [1.29, 1.82) is 0 Å². The number of nitrogens with one attached hydrogen (secondary N) is 2. The fourth-order valence-corrected chi connectivity index (χ4v) is 5.11. The smallest absolute Gasteiger partial charge is 0.459 e. The number of benzene rings is 1. The van der Waals surface area contributed by atoms with Crippen LogP contribution in [-0.4, -0.2) is 77.2 Å². The van der Waals surface area contributed by atoms with E-state index in [2.05, 4.69) is 10.4 Å². The van der Waals surface area contributed by atoms with E-state index < -0.39 is 75.8 Å². The molecule has 1 amide bonds. The molecule has 200 valence electrons. The Balaban J connectivity index is 1.74. The summed E-state index contributed by atoms with van der Waals surface area (Å²) in [5.41, 5.74) is 0. The van der Waals surface area contributed by atoms with Crippen molar-refractivity contribution in [2.45, 2.75) is 57.7 Å². The number of carbonyl (C=O) groups is 2. The van der Waals surface area contributed by atoms with Crippen LogP contribution in [0, 0.1) is 5.92 Å². The van der Waals surface area contributed by atoms with Gasteiger partial charge in [-0.15, -0.1) is 0 Å². The van der Waals surface area contributed by atoms with E-state index in [1.54, 1.807) is 32.0 Å². The minimum absolute atomic E-state index is 0.183. The molecular formula is C22H31FN3O9P. The van der Waals surface area contributed by atoms with Gasteiger partial charge in [-0.2, -0.15) is 5.09 Å². The number of hydrogen-bond acceptors (Lipinski definition) is 10. The summed E-state index contributed by atoms with van der Waals surface area (Å²) >= 11 is 0. The van der Waals surface area contributed by atoms with Gasteiger partial charge in [-0.1, -0.05) is 18.2 Å². The van der Waals surface area contributed by atoms with Crippen molar-refractivity contribution in [1.82, 2.24) is 15.3 Å². The largest absolute Gasteiger partial charge is 0.462 e. The van der Waals surface area contributed by atoms with Crippen LogP contribution >= 0.6 is 7.75 Å². The number of aliphatic hydroxyl groups excluding tert-OH is 2. The predicted octanol–water partition coefficient (Wildman–Crippen LogP) is 1.01. The third-order valence-corrected chi connectivity index (χ3v) is 7.02. The molecule has 14 heteroatoms. The molecule has 0 saturated carbocycles. The van der Waals surface area contributed by atoms with E-state index in [0.29, 0.717) is 0 Å². The molecule has 1 aromatic rings. The Morgan fingerprint density at radius 2 is 1.97 bits per heavy atom. The second-order valence-corrected chi connectivity index (χ2v) is 10.2. The molecule has 2 aliphatic heterocycles. The van der Waals surface area contributed by atoms with Crippen molar-refractivity contribution in [2.75, 3.05) is 13.3 Å². The van der Waals surface area contributed by atoms with Crippen LogP contribution in [0.5, 0.6) is 5.75 Å². The fourth-order valence-electron chi connectivity index (χ4n) is 3.61. The maximum atomic E-state index is 13.9. The highest BCUT2D eigenvalue weighted by Crippen LogP contribution is 2.46. The molecule has 1 fully saturated rings. The van der Waals surface area contributed by atoms with Gasteiger partial charge >= 0.3 is 13.7 Å². The summed E-state index contributed by atoms with van der Waals surface area (Å²) in [6.45, 7) is 3.24. The number of ether oxygens (including phenoxy) is 2. The van der Waals surface area contributed by atoms with Crippen LogP contribution < -0.4 is 14.9 Å². The molecule has 1 unspecified atom stereocenters. The van der Waals surface area contributed by atoms with Gasteiger partial charge in [0.1, 0.15) is 17.9 Å². The average Bonchev–Trinajstić information content (AvgIpc) is 3.13. The van der Waals surface area contributed by atoms with Crippen LogP contribution in [0.15, 0.2) is 42.6 Å². The third kappa shape index (κ3) is 7.02. The van der Waals surface area contributed by atoms with Gasteiger partial charge in [0.05, 0.1) is 25.5 Å². The van der Waals surface area contributed by atoms with E-state index in [4.69, 9.17) is 18.5 Å². The monoisotopic (exact) mass is 531 g/mol. The van der Waals surface area contributed by atoms with Crippen LogP contribution in [-0.2, 0) is 28.2 Å². The quantitative estimate of drug-likeness (QED) is 0.239. The molecule has 12 nitrogen and oxygen atoms in total. The van der Waals surface area contributed by atoms with E-state index in [-0.39, 0.29) is 5.75 Å². The first-order valence-electron chi connectivity index (χ1n) is 11.3. The van der Waals surface area contributed by atoms with Gasteiger partial charge in [0.25, 0.3) is 0 Å². The Labute approximate surface area is 207 Å². The molecule has 3 rings (SSSR count). The first-order valence-corrected chi connectivity index (χ1v) is 12.9. The summed E-state index contributed by atoms with van der Waals surface area (Å²) in [5, 5.41) is 25.5. The Bertz CT molecular complexity index is 983.